The number of rotatable bonds is 4. The van der Waals surface area contributed by atoms with Crippen molar-refractivity contribution in [3.63, 3.8) is 0 Å². The van der Waals surface area contributed by atoms with Gasteiger partial charge in [-0.15, -0.1) is 0 Å². The number of urea groups is 1. The first-order valence-electron chi connectivity index (χ1n) is 8.29. The summed E-state index contributed by atoms with van der Waals surface area (Å²) in [6.07, 6.45) is 1.66. The van der Waals surface area contributed by atoms with Crippen LogP contribution in [0.15, 0.2) is 48.5 Å². The first kappa shape index (κ1) is 14.9. The Hall–Kier alpha value is -2.69. The van der Waals surface area contributed by atoms with Gasteiger partial charge >= 0.3 is 6.03 Å². The van der Waals surface area contributed by atoms with Crippen LogP contribution in [-0.4, -0.2) is 31.3 Å². The molecule has 5 nitrogen and oxygen atoms in total. The van der Waals surface area contributed by atoms with Crippen LogP contribution in [0.1, 0.15) is 11.1 Å². The Kier molecular flexibility index (Phi) is 3.99. The molecule has 24 heavy (non-hydrogen) atoms. The maximum Gasteiger partial charge on any atom is 0.315 e. The first-order chi connectivity index (χ1) is 11.8. The second-order valence-corrected chi connectivity index (χ2v) is 6.19. The fourth-order valence-electron chi connectivity index (χ4n) is 3.21. The molecule has 0 saturated carbocycles. The lowest BCUT2D eigenvalue weighted by Gasteiger charge is -2.15. The highest BCUT2D eigenvalue weighted by Gasteiger charge is 2.24. The second-order valence-electron chi connectivity index (χ2n) is 6.19. The van der Waals surface area contributed by atoms with Crippen molar-refractivity contribution in [1.29, 1.82) is 0 Å². The number of hydrogen-bond acceptors (Lipinski definition) is 3. The molecule has 2 amide bonds. The zero-order valence-corrected chi connectivity index (χ0v) is 13.3. The molecular formula is C19H20N2O3. The maximum absolute atomic E-state index is 12.0. The van der Waals surface area contributed by atoms with E-state index < -0.39 is 0 Å². The van der Waals surface area contributed by atoms with E-state index in [2.05, 4.69) is 22.8 Å². The van der Waals surface area contributed by atoms with Crippen LogP contribution in [0.3, 0.4) is 0 Å². The average molecular weight is 324 g/mol. The molecule has 4 rings (SSSR count). The van der Waals surface area contributed by atoms with Crippen molar-refractivity contribution < 1.29 is 14.3 Å². The van der Waals surface area contributed by atoms with E-state index in [-0.39, 0.29) is 18.2 Å². The fraction of sp³-hybridized carbons (Fsp3) is 0.316. The molecule has 2 atom stereocenters. The molecule has 0 aromatic heterocycles. The summed E-state index contributed by atoms with van der Waals surface area (Å²) in [5.74, 6) is 1.84. The van der Waals surface area contributed by atoms with Gasteiger partial charge in [-0.3, -0.25) is 0 Å². The van der Waals surface area contributed by atoms with E-state index in [1.54, 1.807) is 0 Å². The Bertz CT molecular complexity index is 635. The van der Waals surface area contributed by atoms with Crippen molar-refractivity contribution in [2.75, 3.05) is 13.1 Å². The number of benzene rings is 2. The van der Waals surface area contributed by atoms with Crippen molar-refractivity contribution in [1.82, 2.24) is 10.6 Å². The van der Waals surface area contributed by atoms with Gasteiger partial charge in [-0.2, -0.15) is 0 Å². The van der Waals surface area contributed by atoms with Crippen molar-refractivity contribution in [2.45, 2.75) is 25.0 Å². The van der Waals surface area contributed by atoms with E-state index in [9.17, 15) is 4.79 Å². The molecule has 0 radical (unpaired) electrons. The topological polar surface area (TPSA) is 59.6 Å². The number of fused-ring (bicyclic) bond motifs is 2. The summed E-state index contributed by atoms with van der Waals surface area (Å²) in [4.78, 5) is 12.0. The minimum Gasteiger partial charge on any atom is -0.488 e. The molecule has 2 aromatic carbocycles. The van der Waals surface area contributed by atoms with Crippen LogP contribution in [0.25, 0.3) is 0 Å². The molecule has 5 heteroatoms. The van der Waals surface area contributed by atoms with Crippen molar-refractivity contribution in [3.05, 3.63) is 59.7 Å². The molecule has 124 valence electrons. The monoisotopic (exact) mass is 324 g/mol. The minimum atomic E-state index is -0.186. The zero-order valence-electron chi connectivity index (χ0n) is 13.3. The average Bonchev–Trinajstić information content (AvgIpc) is 3.21. The van der Waals surface area contributed by atoms with Gasteiger partial charge in [-0.25, -0.2) is 4.79 Å². The van der Waals surface area contributed by atoms with Gasteiger partial charge < -0.3 is 20.1 Å². The Balaban J connectivity index is 1.19. The Labute approximate surface area is 141 Å². The van der Waals surface area contributed by atoms with Gasteiger partial charge in [0.2, 0.25) is 0 Å². The van der Waals surface area contributed by atoms with Gasteiger partial charge in [0, 0.05) is 12.8 Å². The number of carbonyl (C=O) groups excluding carboxylic acids is 1. The molecule has 2 aliphatic heterocycles. The zero-order chi connectivity index (χ0) is 16.4. The quantitative estimate of drug-likeness (QED) is 0.907. The smallest absolute Gasteiger partial charge is 0.315 e. The minimum absolute atomic E-state index is 0.000125. The summed E-state index contributed by atoms with van der Waals surface area (Å²) in [7, 11) is 0. The lowest BCUT2D eigenvalue weighted by Crippen LogP contribution is -2.44. The largest absolute Gasteiger partial charge is 0.488 e. The van der Waals surface area contributed by atoms with Crippen molar-refractivity contribution in [2.24, 2.45) is 0 Å². The molecule has 0 saturated heterocycles. The molecule has 2 aromatic rings. The number of hydrogen-bond donors (Lipinski definition) is 2. The normalized spacial score (nSPS) is 20.5. The third-order valence-electron chi connectivity index (χ3n) is 4.41. The second kappa shape index (κ2) is 6.43. The highest BCUT2D eigenvalue weighted by molar-refractivity contribution is 5.73. The summed E-state index contributed by atoms with van der Waals surface area (Å²) in [6.45, 7) is 0.985. The SMILES string of the molecule is O=C(NCC1Cc2ccccc2O1)NCC1Cc2ccccc2O1. The van der Waals surface area contributed by atoms with E-state index in [1.165, 1.54) is 11.1 Å². The van der Waals surface area contributed by atoms with Crippen LogP contribution in [0.2, 0.25) is 0 Å². The third-order valence-corrected chi connectivity index (χ3v) is 4.41. The standard InChI is InChI=1S/C19H20N2O3/c22-19(20-11-15-9-13-5-1-3-7-17(13)23-15)21-12-16-10-14-6-2-4-8-18(14)24-16/h1-8,15-16H,9-12H2,(H2,20,21,22). The van der Waals surface area contributed by atoms with E-state index in [1.807, 2.05) is 36.4 Å². The molecule has 0 aliphatic carbocycles. The van der Waals surface area contributed by atoms with Gasteiger partial charge in [0.05, 0.1) is 13.1 Å². The van der Waals surface area contributed by atoms with E-state index >= 15 is 0 Å². The van der Waals surface area contributed by atoms with Gasteiger partial charge in [-0.05, 0) is 23.3 Å². The van der Waals surface area contributed by atoms with Gasteiger partial charge in [0.15, 0.2) is 0 Å². The Morgan fingerprint density at radius 2 is 1.29 bits per heavy atom. The van der Waals surface area contributed by atoms with E-state index in [4.69, 9.17) is 9.47 Å². The van der Waals surface area contributed by atoms with E-state index in [0.29, 0.717) is 13.1 Å². The van der Waals surface area contributed by atoms with Crippen LogP contribution < -0.4 is 20.1 Å². The highest BCUT2D eigenvalue weighted by atomic mass is 16.5. The van der Waals surface area contributed by atoms with Crippen LogP contribution in [0.4, 0.5) is 4.79 Å². The van der Waals surface area contributed by atoms with Crippen LogP contribution >= 0.6 is 0 Å². The predicted molar refractivity (Wildman–Crippen MR) is 90.5 cm³/mol. The molecule has 0 spiro atoms. The molecule has 0 fully saturated rings. The van der Waals surface area contributed by atoms with Gasteiger partial charge in [0.25, 0.3) is 0 Å². The van der Waals surface area contributed by atoms with Gasteiger partial charge in [-0.1, -0.05) is 36.4 Å². The molecule has 2 N–H and O–H groups in total. The number of carbonyl (C=O) groups is 1. The number of para-hydroxylation sites is 2. The van der Waals surface area contributed by atoms with Crippen LogP contribution in [-0.2, 0) is 12.8 Å². The van der Waals surface area contributed by atoms with Crippen LogP contribution in [0.5, 0.6) is 11.5 Å². The number of amides is 2. The van der Waals surface area contributed by atoms with Gasteiger partial charge in [0.1, 0.15) is 23.7 Å². The summed E-state index contributed by atoms with van der Waals surface area (Å²) in [6, 6.07) is 15.8. The third kappa shape index (κ3) is 3.15. The van der Waals surface area contributed by atoms with E-state index in [0.717, 1.165) is 24.3 Å². The number of ether oxygens (including phenoxy) is 2. The van der Waals surface area contributed by atoms with Crippen LogP contribution in [0, 0.1) is 0 Å². The molecule has 2 unspecified atom stereocenters. The lowest BCUT2D eigenvalue weighted by molar-refractivity contribution is 0.203. The molecule has 2 aliphatic rings. The molecule has 2 heterocycles. The lowest BCUT2D eigenvalue weighted by atomic mass is 10.1. The maximum atomic E-state index is 12.0. The summed E-state index contributed by atoms with van der Waals surface area (Å²) in [5.41, 5.74) is 2.39. The summed E-state index contributed by atoms with van der Waals surface area (Å²) >= 11 is 0. The molecular weight excluding hydrogens is 304 g/mol. The number of nitrogens with one attached hydrogen (secondary N) is 2. The summed E-state index contributed by atoms with van der Waals surface area (Å²) < 4.78 is 11.6. The van der Waals surface area contributed by atoms with Crippen molar-refractivity contribution >= 4 is 6.03 Å². The highest BCUT2D eigenvalue weighted by Crippen LogP contribution is 2.28. The van der Waals surface area contributed by atoms with Crippen molar-refractivity contribution in [3.8, 4) is 11.5 Å². The first-order valence-corrected chi connectivity index (χ1v) is 8.29. The summed E-state index contributed by atoms with van der Waals surface area (Å²) in [5, 5.41) is 5.75. The Morgan fingerprint density at radius 3 is 1.75 bits per heavy atom. The fourth-order valence-corrected chi connectivity index (χ4v) is 3.21. The Morgan fingerprint density at radius 1 is 0.833 bits per heavy atom. The predicted octanol–water partition coefficient (Wildman–Crippen LogP) is 2.29. The molecule has 0 bridgehead atoms.